The first-order valence-corrected chi connectivity index (χ1v) is 10.5. The van der Waals surface area contributed by atoms with E-state index in [1.54, 1.807) is 64.2 Å². The number of rotatable bonds is 5. The molecule has 9 heteroatoms. The molecular formula is C20H22N4O4S. The number of sulfonamides is 1. The molecule has 29 heavy (non-hydrogen) atoms. The predicted molar refractivity (Wildman–Crippen MR) is 112 cm³/mol. The van der Waals surface area contributed by atoms with Crippen molar-refractivity contribution in [2.75, 3.05) is 5.32 Å². The molecule has 0 unspecified atom stereocenters. The molecule has 1 amide bonds. The van der Waals surface area contributed by atoms with Crippen molar-refractivity contribution in [3.63, 3.8) is 0 Å². The highest BCUT2D eigenvalue weighted by Gasteiger charge is 2.20. The monoisotopic (exact) mass is 414 g/mol. The SMILES string of the molecule is Cc1ccc(NC(=O)c2nc3ccccc3n(C)c2=O)cc1S(=O)(=O)NC(C)C. The van der Waals surface area contributed by atoms with Crippen LogP contribution in [-0.2, 0) is 17.1 Å². The van der Waals surface area contributed by atoms with Gasteiger partial charge in [-0.1, -0.05) is 18.2 Å². The third-order valence-corrected chi connectivity index (χ3v) is 6.12. The number of carbonyl (C=O) groups excluding carboxylic acids is 1. The Kier molecular flexibility index (Phi) is 5.54. The number of benzene rings is 2. The number of carbonyl (C=O) groups is 1. The van der Waals surface area contributed by atoms with Crippen molar-refractivity contribution in [2.24, 2.45) is 7.05 Å². The van der Waals surface area contributed by atoms with Crippen LogP contribution in [0.3, 0.4) is 0 Å². The summed E-state index contributed by atoms with van der Waals surface area (Å²) < 4.78 is 28.9. The summed E-state index contributed by atoms with van der Waals surface area (Å²) in [6.45, 7) is 5.11. The van der Waals surface area contributed by atoms with Gasteiger partial charge in [-0.05, 0) is 50.6 Å². The highest BCUT2D eigenvalue weighted by atomic mass is 32.2. The van der Waals surface area contributed by atoms with Crippen molar-refractivity contribution < 1.29 is 13.2 Å². The quantitative estimate of drug-likeness (QED) is 0.665. The normalized spacial score (nSPS) is 11.8. The number of amides is 1. The molecule has 0 radical (unpaired) electrons. The minimum absolute atomic E-state index is 0.0587. The number of fused-ring (bicyclic) bond motifs is 1. The van der Waals surface area contributed by atoms with Gasteiger partial charge in [-0.3, -0.25) is 9.59 Å². The topological polar surface area (TPSA) is 110 Å². The van der Waals surface area contributed by atoms with Crippen LogP contribution < -0.4 is 15.6 Å². The molecule has 1 aromatic heterocycles. The van der Waals surface area contributed by atoms with Crippen LogP contribution in [0, 0.1) is 6.92 Å². The van der Waals surface area contributed by atoms with Gasteiger partial charge in [0.05, 0.1) is 15.9 Å². The van der Waals surface area contributed by atoms with E-state index in [1.807, 2.05) is 0 Å². The highest BCUT2D eigenvalue weighted by Crippen LogP contribution is 2.21. The summed E-state index contributed by atoms with van der Waals surface area (Å²) in [6, 6.07) is 11.3. The van der Waals surface area contributed by atoms with Crippen molar-refractivity contribution in [1.29, 1.82) is 0 Å². The van der Waals surface area contributed by atoms with E-state index in [0.29, 0.717) is 16.6 Å². The van der Waals surface area contributed by atoms with E-state index in [-0.39, 0.29) is 22.3 Å². The number of para-hydroxylation sites is 2. The Morgan fingerprint density at radius 3 is 2.52 bits per heavy atom. The second-order valence-electron chi connectivity index (χ2n) is 7.02. The lowest BCUT2D eigenvalue weighted by molar-refractivity contribution is 0.102. The zero-order chi connectivity index (χ0) is 21.3. The molecule has 2 aromatic carbocycles. The van der Waals surface area contributed by atoms with Crippen LogP contribution in [0.2, 0.25) is 0 Å². The Morgan fingerprint density at radius 1 is 1.14 bits per heavy atom. The molecule has 8 nitrogen and oxygen atoms in total. The van der Waals surface area contributed by atoms with E-state index in [1.165, 1.54) is 10.6 Å². The molecule has 0 saturated carbocycles. The number of anilines is 1. The van der Waals surface area contributed by atoms with Gasteiger partial charge >= 0.3 is 0 Å². The van der Waals surface area contributed by atoms with Gasteiger partial charge in [-0.25, -0.2) is 18.1 Å². The molecule has 3 aromatic rings. The van der Waals surface area contributed by atoms with Gasteiger partial charge in [0, 0.05) is 18.8 Å². The van der Waals surface area contributed by atoms with Gasteiger partial charge in [-0.15, -0.1) is 0 Å². The molecule has 0 saturated heterocycles. The fourth-order valence-corrected chi connectivity index (χ4v) is 4.48. The first kappa shape index (κ1) is 20.7. The number of nitrogens with zero attached hydrogens (tertiary/aromatic N) is 2. The van der Waals surface area contributed by atoms with Crippen LogP contribution in [-0.4, -0.2) is 29.9 Å². The second-order valence-corrected chi connectivity index (χ2v) is 8.71. The number of aryl methyl sites for hydroxylation is 2. The van der Waals surface area contributed by atoms with Gasteiger partial charge in [-0.2, -0.15) is 0 Å². The predicted octanol–water partition coefficient (Wildman–Crippen LogP) is 2.18. The fraction of sp³-hybridized carbons (Fsp3) is 0.250. The van der Waals surface area contributed by atoms with Crippen molar-refractivity contribution >= 4 is 32.7 Å². The van der Waals surface area contributed by atoms with Crippen LogP contribution >= 0.6 is 0 Å². The maximum atomic E-state index is 12.7. The molecule has 0 aliphatic carbocycles. The molecule has 0 fully saturated rings. The largest absolute Gasteiger partial charge is 0.320 e. The Hall–Kier alpha value is -3.04. The lowest BCUT2D eigenvalue weighted by atomic mass is 10.2. The van der Waals surface area contributed by atoms with Crippen molar-refractivity contribution in [3.8, 4) is 0 Å². The van der Waals surface area contributed by atoms with E-state index in [2.05, 4.69) is 15.0 Å². The number of hydrogen-bond donors (Lipinski definition) is 2. The third-order valence-electron chi connectivity index (χ3n) is 4.32. The number of hydrogen-bond acceptors (Lipinski definition) is 5. The van der Waals surface area contributed by atoms with Gasteiger partial charge in [0.15, 0.2) is 5.69 Å². The Balaban J connectivity index is 1.98. The first-order chi connectivity index (χ1) is 13.6. The van der Waals surface area contributed by atoms with E-state index < -0.39 is 21.5 Å². The smallest absolute Gasteiger partial charge is 0.282 e. The lowest BCUT2D eigenvalue weighted by Crippen LogP contribution is -2.31. The average molecular weight is 414 g/mol. The maximum Gasteiger partial charge on any atom is 0.282 e. The maximum absolute atomic E-state index is 12.7. The molecule has 2 N–H and O–H groups in total. The standard InChI is InChI=1S/C20H22N4O4S/c1-12(2)23-29(27,28)17-11-14(10-9-13(17)3)21-19(25)18-20(26)24(4)16-8-6-5-7-15(16)22-18/h5-12,23H,1-4H3,(H,21,25). The second kappa shape index (κ2) is 7.76. The van der Waals surface area contributed by atoms with E-state index in [0.717, 1.165) is 0 Å². The first-order valence-electron chi connectivity index (χ1n) is 9.00. The summed E-state index contributed by atoms with van der Waals surface area (Å²) in [6.07, 6.45) is 0. The third kappa shape index (κ3) is 4.20. The summed E-state index contributed by atoms with van der Waals surface area (Å²) in [7, 11) is -2.17. The van der Waals surface area contributed by atoms with Crippen LogP contribution in [0.1, 0.15) is 29.9 Å². The van der Waals surface area contributed by atoms with Crippen molar-refractivity contribution in [1.82, 2.24) is 14.3 Å². The molecule has 0 aliphatic heterocycles. The van der Waals surface area contributed by atoms with E-state index in [9.17, 15) is 18.0 Å². The number of nitrogens with one attached hydrogen (secondary N) is 2. The minimum atomic E-state index is -3.74. The van der Waals surface area contributed by atoms with Crippen molar-refractivity contribution in [2.45, 2.75) is 31.7 Å². The zero-order valence-corrected chi connectivity index (χ0v) is 17.4. The van der Waals surface area contributed by atoms with Gasteiger partial charge in [0.1, 0.15) is 0 Å². The molecule has 1 heterocycles. The fourth-order valence-electron chi connectivity index (χ4n) is 2.96. The summed E-state index contributed by atoms with van der Waals surface area (Å²) in [5.41, 5.74) is 1.10. The van der Waals surface area contributed by atoms with Crippen LogP contribution in [0.15, 0.2) is 52.2 Å². The van der Waals surface area contributed by atoms with Gasteiger partial charge in [0.2, 0.25) is 10.0 Å². The molecule has 152 valence electrons. The Morgan fingerprint density at radius 2 is 1.83 bits per heavy atom. The van der Waals surface area contributed by atoms with Crippen LogP contribution in [0.25, 0.3) is 11.0 Å². The summed E-state index contributed by atoms with van der Waals surface area (Å²) in [5, 5.41) is 2.58. The molecule has 0 bridgehead atoms. The molecule has 0 aliphatic rings. The van der Waals surface area contributed by atoms with Crippen LogP contribution in [0.5, 0.6) is 0 Å². The van der Waals surface area contributed by atoms with E-state index in [4.69, 9.17) is 0 Å². The van der Waals surface area contributed by atoms with Crippen molar-refractivity contribution in [3.05, 3.63) is 64.1 Å². The molecule has 0 atom stereocenters. The van der Waals surface area contributed by atoms with Gasteiger partial charge < -0.3 is 9.88 Å². The Labute approximate surface area is 168 Å². The lowest BCUT2D eigenvalue weighted by Gasteiger charge is -2.14. The number of aromatic nitrogens is 2. The van der Waals surface area contributed by atoms with E-state index >= 15 is 0 Å². The zero-order valence-electron chi connectivity index (χ0n) is 16.6. The molecule has 0 spiro atoms. The highest BCUT2D eigenvalue weighted by molar-refractivity contribution is 7.89. The molecule has 3 rings (SSSR count). The minimum Gasteiger partial charge on any atom is -0.320 e. The summed E-state index contributed by atoms with van der Waals surface area (Å²) in [4.78, 5) is 29.5. The van der Waals surface area contributed by atoms with Crippen LogP contribution in [0.4, 0.5) is 5.69 Å². The average Bonchev–Trinajstić information content (AvgIpc) is 2.65. The Bertz CT molecular complexity index is 1260. The summed E-state index contributed by atoms with van der Waals surface area (Å²) in [5.74, 6) is -0.708. The summed E-state index contributed by atoms with van der Waals surface area (Å²) >= 11 is 0. The molecular weight excluding hydrogens is 392 g/mol. The van der Waals surface area contributed by atoms with Gasteiger partial charge in [0.25, 0.3) is 11.5 Å².